The van der Waals surface area contributed by atoms with Gasteiger partial charge in [-0.1, -0.05) is 76.8 Å². The molecule has 8 heteroatoms. The fraction of sp³-hybridized carbons (Fsp3) is 0.692. The van der Waals surface area contributed by atoms with Crippen molar-refractivity contribution < 1.29 is 22.7 Å². The summed E-state index contributed by atoms with van der Waals surface area (Å²) >= 11 is 0. The van der Waals surface area contributed by atoms with Crippen molar-refractivity contribution in [3.63, 3.8) is 0 Å². The molecule has 1 aliphatic heterocycles. The molecule has 0 N–H and O–H groups in total. The molecule has 1 aromatic rings. The van der Waals surface area contributed by atoms with Gasteiger partial charge in [-0.25, -0.2) is 13.4 Å². The third-order valence-corrected chi connectivity index (χ3v) is 7.75. The number of fused-ring (bicyclic) bond motifs is 1. The van der Waals surface area contributed by atoms with Gasteiger partial charge in [0.05, 0.1) is 12.3 Å². The largest absolute Gasteiger partial charge is 0.466 e. The van der Waals surface area contributed by atoms with E-state index in [0.717, 1.165) is 6.42 Å². The zero-order chi connectivity index (χ0) is 24.7. The number of unbranched alkanes of at least 4 members (excludes halogenated alkanes) is 9. The zero-order valence-corrected chi connectivity index (χ0v) is 21.8. The molecule has 1 aromatic carbocycles. The smallest absolute Gasteiger partial charge is 0.313 e. The molecule has 0 aromatic heterocycles. The summed E-state index contributed by atoms with van der Waals surface area (Å²) in [5.74, 6) is -0.287. The molecule has 1 heterocycles. The highest BCUT2D eigenvalue weighted by molar-refractivity contribution is 7.90. The lowest BCUT2D eigenvalue weighted by Gasteiger charge is -2.29. The summed E-state index contributed by atoms with van der Waals surface area (Å²) in [5.41, 5.74) is 0.357. The average Bonchev–Trinajstić information content (AvgIpc) is 2.81. The van der Waals surface area contributed by atoms with Crippen LogP contribution in [0.25, 0.3) is 0 Å². The van der Waals surface area contributed by atoms with Gasteiger partial charge in [0.1, 0.15) is 17.2 Å². The number of nitrogens with zero attached hydrogens (tertiary/aromatic N) is 2. The fourth-order valence-corrected chi connectivity index (χ4v) is 5.66. The van der Waals surface area contributed by atoms with Gasteiger partial charge >= 0.3 is 5.97 Å². The van der Waals surface area contributed by atoms with Crippen LogP contribution >= 0.6 is 0 Å². The lowest BCUT2D eigenvalue weighted by atomic mass is 10.1. The Morgan fingerprint density at radius 3 is 2.18 bits per heavy atom. The monoisotopic (exact) mass is 494 g/mol. The average molecular weight is 495 g/mol. The fourth-order valence-electron chi connectivity index (χ4n) is 4.04. The second-order valence-electron chi connectivity index (χ2n) is 8.70. The number of sulfonamides is 1. The molecule has 34 heavy (non-hydrogen) atoms. The second-order valence-corrected chi connectivity index (χ2v) is 10.5. The Labute approximate surface area is 206 Å². The quantitative estimate of drug-likeness (QED) is 0.184. The van der Waals surface area contributed by atoms with E-state index in [4.69, 9.17) is 9.47 Å². The van der Waals surface area contributed by atoms with Crippen LogP contribution in [0.1, 0.15) is 90.9 Å². The van der Waals surface area contributed by atoms with Crippen LogP contribution in [0.4, 0.5) is 5.69 Å². The topological polar surface area (TPSA) is 85.3 Å². The summed E-state index contributed by atoms with van der Waals surface area (Å²) in [6, 6.07) is 6.60. The predicted molar refractivity (Wildman–Crippen MR) is 136 cm³/mol. The van der Waals surface area contributed by atoms with Crippen molar-refractivity contribution in [3.8, 4) is 0 Å². The van der Waals surface area contributed by atoms with Gasteiger partial charge in [-0.15, -0.1) is 0 Å². The van der Waals surface area contributed by atoms with Gasteiger partial charge in [-0.3, -0.25) is 9.10 Å². The van der Waals surface area contributed by atoms with Crippen molar-refractivity contribution in [2.75, 3.05) is 26.4 Å². The molecular formula is C26H42N2O5S. The highest BCUT2D eigenvalue weighted by Crippen LogP contribution is 2.32. The molecule has 1 aliphatic rings. The zero-order valence-electron chi connectivity index (χ0n) is 21.0. The summed E-state index contributed by atoms with van der Waals surface area (Å²) < 4.78 is 38.3. The lowest BCUT2D eigenvalue weighted by Crippen LogP contribution is -2.41. The molecular weight excluding hydrogens is 452 g/mol. The van der Waals surface area contributed by atoms with Crippen LogP contribution in [-0.4, -0.2) is 50.9 Å². The molecule has 192 valence electrons. The maximum Gasteiger partial charge on any atom is 0.313 e. The highest BCUT2D eigenvalue weighted by Gasteiger charge is 2.34. The molecule has 0 amide bonds. The van der Waals surface area contributed by atoms with Gasteiger partial charge in [0.15, 0.2) is 0 Å². The van der Waals surface area contributed by atoms with E-state index in [1.165, 1.54) is 62.1 Å². The van der Waals surface area contributed by atoms with E-state index in [1.807, 2.05) is 0 Å². The minimum absolute atomic E-state index is 0.161. The highest BCUT2D eigenvalue weighted by atomic mass is 32.2. The van der Waals surface area contributed by atoms with Crippen molar-refractivity contribution in [2.45, 2.75) is 95.8 Å². The molecule has 0 aliphatic carbocycles. The van der Waals surface area contributed by atoms with Gasteiger partial charge in [0.2, 0.25) is 0 Å². The minimum Gasteiger partial charge on any atom is -0.466 e. The van der Waals surface area contributed by atoms with E-state index in [0.29, 0.717) is 25.3 Å². The molecule has 0 spiro atoms. The van der Waals surface area contributed by atoms with Crippen molar-refractivity contribution in [1.82, 2.24) is 4.31 Å². The molecule has 2 rings (SSSR count). The Balaban J connectivity index is 1.71. The number of benzene rings is 1. The van der Waals surface area contributed by atoms with E-state index < -0.39 is 16.0 Å². The lowest BCUT2D eigenvalue weighted by molar-refractivity contribution is -0.141. The number of hydrogen-bond acceptors (Lipinski definition) is 6. The Morgan fingerprint density at radius 2 is 1.50 bits per heavy atom. The predicted octanol–water partition coefficient (Wildman–Crippen LogP) is 6.00. The maximum absolute atomic E-state index is 13.2. The van der Waals surface area contributed by atoms with Gasteiger partial charge in [0.25, 0.3) is 10.0 Å². The third-order valence-electron chi connectivity index (χ3n) is 5.87. The first-order valence-corrected chi connectivity index (χ1v) is 14.4. The van der Waals surface area contributed by atoms with Crippen molar-refractivity contribution >= 4 is 27.5 Å². The minimum atomic E-state index is -3.77. The Kier molecular flexibility index (Phi) is 13.2. The summed E-state index contributed by atoms with van der Waals surface area (Å²) in [7, 11) is -3.77. The first-order chi connectivity index (χ1) is 16.5. The number of hydrogen-bond donors (Lipinski definition) is 0. The first kappa shape index (κ1) is 28.3. The molecule has 0 radical (unpaired) electrons. The molecule has 7 nitrogen and oxygen atoms in total. The van der Waals surface area contributed by atoms with E-state index in [9.17, 15) is 13.2 Å². The van der Waals surface area contributed by atoms with E-state index in [2.05, 4.69) is 11.9 Å². The third kappa shape index (κ3) is 9.37. The van der Waals surface area contributed by atoms with Crippen molar-refractivity contribution in [1.29, 1.82) is 0 Å². The number of ether oxygens (including phenoxy) is 2. The van der Waals surface area contributed by atoms with Crippen LogP contribution in [0.2, 0.25) is 0 Å². The first-order valence-electron chi connectivity index (χ1n) is 12.9. The number of esters is 1. The number of aliphatic imine (C=N–C) groups is 1. The number of carbonyl (C=O) groups is 1. The van der Waals surface area contributed by atoms with Crippen molar-refractivity contribution in [3.05, 3.63) is 24.3 Å². The van der Waals surface area contributed by atoms with Gasteiger partial charge in [0, 0.05) is 19.8 Å². The summed E-state index contributed by atoms with van der Waals surface area (Å²) in [4.78, 5) is 16.6. The van der Waals surface area contributed by atoms with E-state index in [1.54, 1.807) is 31.2 Å². The molecule has 0 fully saturated rings. The molecule has 0 atom stereocenters. The number of carbonyl (C=O) groups excluding carboxylic acids is 1. The van der Waals surface area contributed by atoms with Crippen LogP contribution in [0.3, 0.4) is 0 Å². The number of para-hydroxylation sites is 1. The molecule has 0 bridgehead atoms. The van der Waals surface area contributed by atoms with Gasteiger partial charge < -0.3 is 9.47 Å². The number of rotatable bonds is 18. The van der Waals surface area contributed by atoms with Crippen LogP contribution in [0.5, 0.6) is 0 Å². The summed E-state index contributed by atoms with van der Waals surface area (Å²) in [6.45, 7) is 5.58. The Morgan fingerprint density at radius 1 is 0.882 bits per heavy atom. The van der Waals surface area contributed by atoms with Crippen LogP contribution < -0.4 is 0 Å². The van der Waals surface area contributed by atoms with Crippen LogP contribution in [0, 0.1) is 0 Å². The maximum atomic E-state index is 13.2. The van der Waals surface area contributed by atoms with Crippen molar-refractivity contribution in [2.24, 2.45) is 4.99 Å². The summed E-state index contributed by atoms with van der Waals surface area (Å²) in [5, 5.41) is 0. The van der Waals surface area contributed by atoms with Crippen LogP contribution in [0.15, 0.2) is 34.2 Å². The Hall–Kier alpha value is -1.93. The van der Waals surface area contributed by atoms with E-state index >= 15 is 0 Å². The Bertz CT molecular complexity index is 870. The van der Waals surface area contributed by atoms with Gasteiger partial charge in [-0.05, 0) is 31.9 Å². The SMILES string of the molecule is CCCCCCCCCCCCOCCCN1C(CC(=O)OCC)=Nc2ccccc2S1(=O)=O. The van der Waals surface area contributed by atoms with E-state index in [-0.39, 0.29) is 30.3 Å². The molecule has 0 saturated heterocycles. The van der Waals surface area contributed by atoms with Crippen LogP contribution in [-0.2, 0) is 24.3 Å². The summed E-state index contributed by atoms with van der Waals surface area (Å²) in [6.07, 6.45) is 13.1. The molecule has 0 saturated carbocycles. The second kappa shape index (κ2) is 15.9. The molecule has 0 unspecified atom stereocenters. The number of amidine groups is 1. The standard InChI is InChI=1S/C26H42N2O5S/c1-3-5-6-7-8-9-10-11-12-15-20-32-21-16-19-28-25(22-26(29)33-4-2)27-23-17-13-14-18-24(23)34(28,30)31/h13-14,17-18H,3-12,15-16,19-22H2,1-2H3. The van der Waals surface area contributed by atoms with Gasteiger partial charge in [-0.2, -0.15) is 0 Å². The normalized spacial score (nSPS) is 14.5.